The van der Waals surface area contributed by atoms with Crippen LogP contribution in [0.4, 0.5) is 0 Å². The Labute approximate surface area is 202 Å². The fourth-order valence-electron chi connectivity index (χ4n) is 3.44. The third-order valence-electron chi connectivity index (χ3n) is 4.93. The Morgan fingerprint density at radius 2 is 1.70 bits per heavy atom. The third-order valence-corrected chi connectivity index (χ3v) is 5.75. The number of esters is 1. The van der Waals surface area contributed by atoms with Crippen LogP contribution in [0.25, 0.3) is 10.9 Å². The molecule has 0 saturated carbocycles. The van der Waals surface area contributed by atoms with Crippen LogP contribution < -0.4 is 5.32 Å². The van der Waals surface area contributed by atoms with Gasteiger partial charge in [0.1, 0.15) is 0 Å². The van der Waals surface area contributed by atoms with Crippen molar-refractivity contribution in [2.75, 3.05) is 0 Å². The van der Waals surface area contributed by atoms with E-state index in [1.165, 1.54) is 6.20 Å². The Morgan fingerprint density at radius 3 is 2.39 bits per heavy atom. The Hall–Kier alpha value is -2.98. The third kappa shape index (κ3) is 7.26. The van der Waals surface area contributed by atoms with E-state index in [4.69, 9.17) is 4.74 Å². The molecule has 0 saturated heterocycles. The number of benzene rings is 2. The quantitative estimate of drug-likeness (QED) is 0.381. The molecule has 3 aromatic rings. The summed E-state index contributed by atoms with van der Waals surface area (Å²) in [5, 5.41) is 3.25. The molecule has 33 heavy (non-hydrogen) atoms. The zero-order valence-electron chi connectivity index (χ0n) is 18.9. The second kappa shape index (κ2) is 10.8. The van der Waals surface area contributed by atoms with Gasteiger partial charge in [-0.1, -0.05) is 0 Å². The molecule has 0 bridgehead atoms. The van der Waals surface area contributed by atoms with Crippen LogP contribution in [0.5, 0.6) is 0 Å². The molecule has 170 valence electrons. The zero-order chi connectivity index (χ0) is 24.0. The van der Waals surface area contributed by atoms with Crippen molar-refractivity contribution >= 4 is 45.5 Å². The van der Waals surface area contributed by atoms with Gasteiger partial charge in [0.05, 0.1) is 0 Å². The number of nitrogens with zero attached hydrogens (tertiary/aromatic N) is 1. The molecule has 1 N–H and O–H groups in total. The SMILES string of the molecule is CC(C)(C)OC(=O)C(CC([As])CC(=O)NC(=O)c1cnc2ccccc2c1)c1ccccc1. The molecule has 2 atom stereocenters. The number of amides is 2. The first-order chi connectivity index (χ1) is 15.6. The molecule has 0 aliphatic rings. The molecule has 2 radical (unpaired) electrons. The predicted octanol–water partition coefficient (Wildman–Crippen LogP) is 4.35. The van der Waals surface area contributed by atoms with Crippen LogP contribution >= 0.6 is 0 Å². The molecular formula is C26H27AsN2O4. The Morgan fingerprint density at radius 1 is 1.03 bits per heavy atom. The molecule has 2 unspecified atom stereocenters. The maximum absolute atomic E-state index is 12.9. The summed E-state index contributed by atoms with van der Waals surface area (Å²) in [6.07, 6.45) is 1.94. The van der Waals surface area contributed by atoms with E-state index in [-0.39, 0.29) is 17.1 Å². The van der Waals surface area contributed by atoms with Crippen molar-refractivity contribution in [1.82, 2.24) is 10.3 Å². The minimum absolute atomic E-state index is 0.0822. The number of para-hydroxylation sites is 1. The second-order valence-electron chi connectivity index (χ2n) is 8.88. The first-order valence-electron chi connectivity index (χ1n) is 10.8. The number of imide groups is 1. The van der Waals surface area contributed by atoms with Gasteiger partial charge in [-0.3, -0.25) is 0 Å². The standard InChI is InChI=1S/C26H27AsN2O4/c1-26(2,3)33-25(32)21(17-9-5-4-6-10-17)14-20(27)15-23(30)29-24(31)19-13-18-11-7-8-12-22(18)28-16-19/h4-13,16,20-21H,14-15H2,1-3H3,(H,29,30,31). The van der Waals surface area contributed by atoms with Gasteiger partial charge in [-0.2, -0.15) is 0 Å². The van der Waals surface area contributed by atoms with Gasteiger partial charge in [-0.05, 0) is 0 Å². The number of aromatic nitrogens is 1. The average Bonchev–Trinajstić information content (AvgIpc) is 2.76. The maximum atomic E-state index is 12.9. The zero-order valence-corrected chi connectivity index (χ0v) is 20.8. The summed E-state index contributed by atoms with van der Waals surface area (Å²) in [5.41, 5.74) is 1.32. The number of hydrogen-bond donors (Lipinski definition) is 1. The number of hydrogen-bond acceptors (Lipinski definition) is 5. The molecule has 7 heteroatoms. The number of carbonyl (C=O) groups is 3. The molecule has 2 aromatic carbocycles. The molecule has 3 rings (SSSR count). The minimum atomic E-state index is -0.611. The number of pyridine rings is 1. The van der Waals surface area contributed by atoms with E-state index >= 15 is 0 Å². The molecule has 0 aliphatic heterocycles. The van der Waals surface area contributed by atoms with E-state index in [0.717, 1.165) is 16.5 Å². The van der Waals surface area contributed by atoms with Gasteiger partial charge in [0.25, 0.3) is 0 Å². The van der Waals surface area contributed by atoms with Gasteiger partial charge < -0.3 is 0 Å². The van der Waals surface area contributed by atoms with Gasteiger partial charge in [0, 0.05) is 0 Å². The summed E-state index contributed by atoms with van der Waals surface area (Å²) in [4.78, 5) is 42.2. The van der Waals surface area contributed by atoms with Crippen molar-refractivity contribution in [2.45, 2.75) is 49.8 Å². The van der Waals surface area contributed by atoms with E-state index in [1.807, 2.05) is 75.4 Å². The van der Waals surface area contributed by atoms with E-state index in [9.17, 15) is 14.4 Å². The van der Waals surface area contributed by atoms with Gasteiger partial charge in [0.15, 0.2) is 0 Å². The Bertz CT molecular complexity index is 1140. The van der Waals surface area contributed by atoms with E-state index in [1.54, 1.807) is 6.07 Å². The molecule has 1 heterocycles. The van der Waals surface area contributed by atoms with E-state index < -0.39 is 23.3 Å². The van der Waals surface area contributed by atoms with Crippen molar-refractivity contribution in [3.05, 3.63) is 78.0 Å². The Balaban J connectivity index is 1.64. The molecule has 0 fully saturated rings. The summed E-state index contributed by atoms with van der Waals surface area (Å²) >= 11 is 2.43. The van der Waals surface area contributed by atoms with Crippen molar-refractivity contribution < 1.29 is 19.1 Å². The summed E-state index contributed by atoms with van der Waals surface area (Å²) < 4.78 is 5.40. The average molecular weight is 506 g/mol. The molecular weight excluding hydrogens is 479 g/mol. The van der Waals surface area contributed by atoms with Crippen LogP contribution in [0.2, 0.25) is 4.71 Å². The van der Waals surface area contributed by atoms with Crippen LogP contribution in [0.1, 0.15) is 55.5 Å². The van der Waals surface area contributed by atoms with Crippen molar-refractivity contribution in [1.29, 1.82) is 0 Å². The molecule has 6 nitrogen and oxygen atoms in total. The van der Waals surface area contributed by atoms with Crippen LogP contribution in [0.3, 0.4) is 0 Å². The molecule has 2 amide bonds. The second-order valence-corrected chi connectivity index (χ2v) is 10.4. The van der Waals surface area contributed by atoms with Crippen LogP contribution in [-0.4, -0.2) is 45.2 Å². The normalized spacial score (nSPS) is 13.2. The van der Waals surface area contributed by atoms with Gasteiger partial charge in [-0.25, -0.2) is 0 Å². The van der Waals surface area contributed by atoms with Gasteiger partial charge >= 0.3 is 203 Å². The molecule has 1 aromatic heterocycles. The van der Waals surface area contributed by atoms with Crippen LogP contribution in [0.15, 0.2) is 66.9 Å². The number of ether oxygens (including phenoxy) is 1. The number of rotatable bonds is 7. The van der Waals surface area contributed by atoms with E-state index in [2.05, 4.69) is 27.2 Å². The van der Waals surface area contributed by atoms with Crippen molar-refractivity contribution in [3.63, 3.8) is 0 Å². The molecule has 0 spiro atoms. The summed E-state index contributed by atoms with van der Waals surface area (Å²) in [5.74, 6) is -1.74. The van der Waals surface area contributed by atoms with E-state index in [0.29, 0.717) is 12.0 Å². The number of fused-ring (bicyclic) bond motifs is 1. The summed E-state index contributed by atoms with van der Waals surface area (Å²) in [6, 6.07) is 18.5. The summed E-state index contributed by atoms with van der Waals surface area (Å²) in [6.45, 7) is 5.48. The number of nitrogens with one attached hydrogen (secondary N) is 1. The van der Waals surface area contributed by atoms with Crippen molar-refractivity contribution in [2.24, 2.45) is 0 Å². The fourth-order valence-corrected chi connectivity index (χ4v) is 4.23. The monoisotopic (exact) mass is 506 g/mol. The summed E-state index contributed by atoms with van der Waals surface area (Å²) in [7, 11) is 0. The topological polar surface area (TPSA) is 85.4 Å². The first kappa shape index (κ1) is 24.7. The van der Waals surface area contributed by atoms with Gasteiger partial charge in [-0.15, -0.1) is 0 Å². The first-order valence-corrected chi connectivity index (χ1v) is 11.9. The van der Waals surface area contributed by atoms with Crippen LogP contribution in [-0.2, 0) is 14.3 Å². The predicted molar refractivity (Wildman–Crippen MR) is 128 cm³/mol. The van der Waals surface area contributed by atoms with Crippen LogP contribution in [0, 0.1) is 0 Å². The van der Waals surface area contributed by atoms with Gasteiger partial charge in [0.2, 0.25) is 0 Å². The Kier molecular flexibility index (Phi) is 8.04. The number of carbonyl (C=O) groups excluding carboxylic acids is 3. The fraction of sp³-hybridized carbons (Fsp3) is 0.308. The molecule has 0 aliphatic carbocycles. The van der Waals surface area contributed by atoms with Crippen molar-refractivity contribution in [3.8, 4) is 0 Å².